The van der Waals surface area contributed by atoms with Crippen LogP contribution in [0.25, 0.3) is 11.1 Å². The van der Waals surface area contributed by atoms with E-state index >= 15 is 0 Å². The summed E-state index contributed by atoms with van der Waals surface area (Å²) in [5.41, 5.74) is 2.84. The number of nitrogens with zero attached hydrogens (tertiary/aromatic N) is 1. The van der Waals surface area contributed by atoms with Gasteiger partial charge in [-0.25, -0.2) is 9.37 Å². The molecule has 21 heavy (non-hydrogen) atoms. The van der Waals surface area contributed by atoms with Crippen LogP contribution in [0.3, 0.4) is 0 Å². The molecule has 106 valence electrons. The quantitative estimate of drug-likeness (QED) is 0.803. The van der Waals surface area contributed by atoms with Crippen molar-refractivity contribution in [3.05, 3.63) is 65.3 Å². The van der Waals surface area contributed by atoms with Crippen molar-refractivity contribution in [2.45, 2.75) is 13.5 Å². The summed E-state index contributed by atoms with van der Waals surface area (Å²) in [7, 11) is 0. The van der Waals surface area contributed by atoms with Crippen LogP contribution in [0.4, 0.5) is 4.39 Å². The van der Waals surface area contributed by atoms with E-state index in [1.807, 2.05) is 18.2 Å². The number of rotatable bonds is 3. The summed E-state index contributed by atoms with van der Waals surface area (Å²) >= 11 is 0. The van der Waals surface area contributed by atoms with Gasteiger partial charge in [-0.3, -0.25) is 4.79 Å². The van der Waals surface area contributed by atoms with E-state index in [-0.39, 0.29) is 11.7 Å². The van der Waals surface area contributed by atoms with Crippen LogP contribution in [0.1, 0.15) is 21.8 Å². The Hall–Kier alpha value is -2.69. The van der Waals surface area contributed by atoms with Crippen molar-refractivity contribution < 1.29 is 13.6 Å². The Labute approximate surface area is 120 Å². The highest BCUT2D eigenvalue weighted by molar-refractivity contribution is 5.94. The Morgan fingerprint density at radius 2 is 2.00 bits per heavy atom. The Morgan fingerprint density at radius 1 is 1.24 bits per heavy atom. The Kier molecular flexibility index (Phi) is 3.39. The predicted molar refractivity (Wildman–Crippen MR) is 76.3 cm³/mol. The lowest BCUT2D eigenvalue weighted by Gasteiger charge is -2.05. The molecule has 0 aliphatic heterocycles. The summed E-state index contributed by atoms with van der Waals surface area (Å²) in [4.78, 5) is 16.2. The normalized spacial score (nSPS) is 10.8. The van der Waals surface area contributed by atoms with Gasteiger partial charge in [0.2, 0.25) is 0 Å². The third kappa shape index (κ3) is 2.91. The smallest absolute Gasteiger partial charge is 0.251 e. The first kappa shape index (κ1) is 13.3. The lowest BCUT2D eigenvalue weighted by molar-refractivity contribution is 0.0951. The number of halogens is 1. The number of hydrogen-bond donors (Lipinski definition) is 1. The molecular weight excluding hydrogens is 271 g/mol. The Morgan fingerprint density at radius 3 is 2.76 bits per heavy atom. The lowest BCUT2D eigenvalue weighted by Crippen LogP contribution is -2.22. The molecule has 0 atom stereocenters. The molecule has 0 radical (unpaired) electrons. The second-order valence-corrected chi connectivity index (χ2v) is 4.72. The number of benzene rings is 2. The third-order valence-corrected chi connectivity index (χ3v) is 3.12. The largest absolute Gasteiger partial charge is 0.441 e. The second kappa shape index (κ2) is 5.36. The standard InChI is InChI=1S/C16H13FN2O2/c1-10-19-14-8-11(2-7-15(14)21-10)9-18-16(20)12-3-5-13(17)6-4-12/h2-8H,9H2,1H3,(H,18,20). The number of fused-ring (bicyclic) bond motifs is 1. The number of aryl methyl sites for hydroxylation is 1. The van der Waals surface area contributed by atoms with Crippen LogP contribution in [-0.4, -0.2) is 10.9 Å². The molecule has 3 aromatic rings. The Balaban J connectivity index is 1.70. The fraction of sp³-hybridized carbons (Fsp3) is 0.125. The van der Waals surface area contributed by atoms with Crippen molar-refractivity contribution >= 4 is 17.0 Å². The summed E-state index contributed by atoms with van der Waals surface area (Å²) in [5.74, 6) is 0.00216. The van der Waals surface area contributed by atoms with Crippen LogP contribution >= 0.6 is 0 Å². The molecule has 3 rings (SSSR count). The van der Waals surface area contributed by atoms with Crippen LogP contribution in [0.15, 0.2) is 46.9 Å². The van der Waals surface area contributed by atoms with E-state index in [1.54, 1.807) is 6.92 Å². The van der Waals surface area contributed by atoms with Crippen LogP contribution in [0, 0.1) is 12.7 Å². The SMILES string of the molecule is Cc1nc2cc(CNC(=O)c3ccc(F)cc3)ccc2o1. The van der Waals surface area contributed by atoms with E-state index in [9.17, 15) is 9.18 Å². The van der Waals surface area contributed by atoms with Crippen LogP contribution < -0.4 is 5.32 Å². The number of oxazole rings is 1. The number of carbonyl (C=O) groups is 1. The molecule has 5 heteroatoms. The van der Waals surface area contributed by atoms with E-state index < -0.39 is 0 Å². The minimum absolute atomic E-state index is 0.244. The highest BCUT2D eigenvalue weighted by Crippen LogP contribution is 2.16. The van der Waals surface area contributed by atoms with E-state index in [4.69, 9.17) is 4.42 Å². The number of hydrogen-bond acceptors (Lipinski definition) is 3. The van der Waals surface area contributed by atoms with Gasteiger partial charge in [-0.15, -0.1) is 0 Å². The molecule has 4 nitrogen and oxygen atoms in total. The highest BCUT2D eigenvalue weighted by Gasteiger charge is 2.07. The first-order valence-corrected chi connectivity index (χ1v) is 6.52. The van der Waals surface area contributed by atoms with Gasteiger partial charge in [0.15, 0.2) is 11.5 Å². The Bertz CT molecular complexity index is 794. The molecule has 0 aliphatic rings. The zero-order valence-electron chi connectivity index (χ0n) is 11.4. The first-order chi connectivity index (χ1) is 10.1. The molecule has 1 aromatic heterocycles. The summed E-state index contributed by atoms with van der Waals surface area (Å²) in [6.07, 6.45) is 0. The fourth-order valence-corrected chi connectivity index (χ4v) is 2.08. The molecule has 0 saturated carbocycles. The summed E-state index contributed by atoms with van der Waals surface area (Å²) < 4.78 is 18.2. The van der Waals surface area contributed by atoms with Crippen molar-refractivity contribution in [2.24, 2.45) is 0 Å². The van der Waals surface area contributed by atoms with Crippen molar-refractivity contribution in [3.63, 3.8) is 0 Å². The average Bonchev–Trinajstić information content (AvgIpc) is 2.84. The third-order valence-electron chi connectivity index (χ3n) is 3.12. The summed E-state index contributed by atoms with van der Waals surface area (Å²) in [6.45, 7) is 2.16. The van der Waals surface area contributed by atoms with Gasteiger partial charge < -0.3 is 9.73 Å². The monoisotopic (exact) mass is 284 g/mol. The molecular formula is C16H13FN2O2. The first-order valence-electron chi connectivity index (χ1n) is 6.52. The van der Waals surface area contributed by atoms with Gasteiger partial charge in [-0.2, -0.15) is 0 Å². The summed E-state index contributed by atoms with van der Waals surface area (Å²) in [6, 6.07) is 11.0. The number of nitrogens with one attached hydrogen (secondary N) is 1. The summed E-state index contributed by atoms with van der Waals surface area (Å²) in [5, 5.41) is 2.79. The van der Waals surface area contributed by atoms with Gasteiger partial charge in [-0.05, 0) is 42.0 Å². The van der Waals surface area contributed by atoms with Gasteiger partial charge in [0.25, 0.3) is 5.91 Å². The number of carbonyl (C=O) groups excluding carboxylic acids is 1. The molecule has 0 fully saturated rings. The zero-order valence-corrected chi connectivity index (χ0v) is 11.4. The molecule has 1 heterocycles. The predicted octanol–water partition coefficient (Wildman–Crippen LogP) is 3.21. The molecule has 0 aliphatic carbocycles. The van der Waals surface area contributed by atoms with Crippen LogP contribution in [0.2, 0.25) is 0 Å². The van der Waals surface area contributed by atoms with E-state index in [0.29, 0.717) is 18.0 Å². The van der Waals surface area contributed by atoms with Gasteiger partial charge in [0.05, 0.1) is 0 Å². The zero-order chi connectivity index (χ0) is 14.8. The molecule has 0 bridgehead atoms. The van der Waals surface area contributed by atoms with Crippen molar-refractivity contribution in [1.29, 1.82) is 0 Å². The lowest BCUT2D eigenvalue weighted by atomic mass is 10.2. The van der Waals surface area contributed by atoms with E-state index in [0.717, 1.165) is 16.7 Å². The number of aromatic nitrogens is 1. The minimum atomic E-state index is -0.363. The second-order valence-electron chi connectivity index (χ2n) is 4.72. The molecule has 1 amide bonds. The number of amides is 1. The van der Waals surface area contributed by atoms with Crippen molar-refractivity contribution in [2.75, 3.05) is 0 Å². The van der Waals surface area contributed by atoms with Gasteiger partial charge >= 0.3 is 0 Å². The molecule has 0 saturated heterocycles. The average molecular weight is 284 g/mol. The molecule has 0 spiro atoms. The topological polar surface area (TPSA) is 55.1 Å². The fourth-order valence-electron chi connectivity index (χ4n) is 2.08. The van der Waals surface area contributed by atoms with Gasteiger partial charge in [0.1, 0.15) is 11.3 Å². The maximum absolute atomic E-state index is 12.8. The molecule has 0 unspecified atom stereocenters. The van der Waals surface area contributed by atoms with Crippen molar-refractivity contribution in [1.82, 2.24) is 10.3 Å². The van der Waals surface area contributed by atoms with E-state index in [2.05, 4.69) is 10.3 Å². The van der Waals surface area contributed by atoms with Crippen molar-refractivity contribution in [3.8, 4) is 0 Å². The molecule has 1 N–H and O–H groups in total. The van der Waals surface area contributed by atoms with E-state index in [1.165, 1.54) is 24.3 Å². The van der Waals surface area contributed by atoms with Crippen LogP contribution in [-0.2, 0) is 6.54 Å². The van der Waals surface area contributed by atoms with Gasteiger partial charge in [0, 0.05) is 19.0 Å². The molecule has 2 aromatic carbocycles. The van der Waals surface area contributed by atoms with Crippen LogP contribution in [0.5, 0.6) is 0 Å². The minimum Gasteiger partial charge on any atom is -0.441 e. The maximum Gasteiger partial charge on any atom is 0.251 e. The van der Waals surface area contributed by atoms with Gasteiger partial charge in [-0.1, -0.05) is 6.07 Å². The highest BCUT2D eigenvalue weighted by atomic mass is 19.1. The maximum atomic E-state index is 12.8.